The van der Waals surface area contributed by atoms with Crippen LogP contribution in [-0.4, -0.2) is 23.5 Å². The van der Waals surface area contributed by atoms with E-state index in [4.69, 9.17) is 5.11 Å². The fraction of sp³-hybridized carbons (Fsp3) is 0.500. The molecule has 1 atom stereocenters. The lowest BCUT2D eigenvalue weighted by molar-refractivity contribution is -0.138. The van der Waals surface area contributed by atoms with Crippen LogP contribution in [0.1, 0.15) is 37.0 Å². The Balaban J connectivity index is 2.57. The number of amides is 1. The minimum atomic E-state index is -0.879. The lowest BCUT2D eigenvalue weighted by Gasteiger charge is -2.17. The molecule has 0 bridgehead atoms. The summed E-state index contributed by atoms with van der Waals surface area (Å²) in [5.74, 6) is -1.03. The van der Waals surface area contributed by atoms with Crippen molar-refractivity contribution in [1.29, 1.82) is 0 Å². The smallest absolute Gasteiger partial charge is 0.335 e. The summed E-state index contributed by atoms with van der Waals surface area (Å²) < 4.78 is 4.60. The zero-order valence-corrected chi connectivity index (χ0v) is 11.6. The number of hydrogen-bond donors (Lipinski definition) is 2. The van der Waals surface area contributed by atoms with E-state index in [1.54, 1.807) is 0 Å². The van der Waals surface area contributed by atoms with Crippen LogP contribution in [-0.2, 0) is 4.79 Å². The second-order valence-corrected chi connectivity index (χ2v) is 5.15. The molecule has 0 radical (unpaired) electrons. The van der Waals surface area contributed by atoms with E-state index < -0.39 is 11.6 Å². The first-order chi connectivity index (χ1) is 9.38. The van der Waals surface area contributed by atoms with Crippen LogP contribution in [0.2, 0.25) is 0 Å². The molecule has 6 heteroatoms. The third-order valence-electron chi connectivity index (χ3n) is 2.78. The highest BCUT2D eigenvalue weighted by Gasteiger charge is 2.16. The number of carboxylic acid groups (broad SMARTS) is 1. The van der Waals surface area contributed by atoms with E-state index in [-0.39, 0.29) is 30.4 Å². The Bertz CT molecular complexity index is 500. The Kier molecular flexibility index (Phi) is 5.96. The van der Waals surface area contributed by atoms with Crippen molar-refractivity contribution >= 4 is 11.9 Å². The molecule has 6 nitrogen and oxygen atoms in total. The minimum Gasteiger partial charge on any atom is -0.481 e. The van der Waals surface area contributed by atoms with E-state index in [1.807, 2.05) is 13.8 Å². The summed E-state index contributed by atoms with van der Waals surface area (Å²) in [6, 6.07) is 2.54. The number of nitrogens with one attached hydrogen (secondary N) is 1. The lowest BCUT2D eigenvalue weighted by Crippen LogP contribution is -2.31. The maximum Gasteiger partial charge on any atom is 0.335 e. The van der Waals surface area contributed by atoms with Crippen LogP contribution in [0.3, 0.4) is 0 Å². The second kappa shape index (κ2) is 7.47. The number of rotatable bonds is 7. The Morgan fingerprint density at radius 1 is 1.35 bits per heavy atom. The van der Waals surface area contributed by atoms with Crippen LogP contribution >= 0.6 is 0 Å². The van der Waals surface area contributed by atoms with Gasteiger partial charge in [-0.15, -0.1) is 0 Å². The summed E-state index contributed by atoms with van der Waals surface area (Å²) in [6.07, 6.45) is 1.82. The molecule has 0 saturated heterocycles. The molecular weight excluding hydrogens is 262 g/mol. The van der Waals surface area contributed by atoms with Gasteiger partial charge in [-0.1, -0.05) is 13.8 Å². The number of carbonyl (C=O) groups excluding carboxylic acids is 1. The second-order valence-electron chi connectivity index (χ2n) is 5.15. The first-order valence-electron chi connectivity index (χ1n) is 6.47. The van der Waals surface area contributed by atoms with Crippen molar-refractivity contribution in [2.24, 2.45) is 11.8 Å². The number of hydrogen-bond acceptors (Lipinski definition) is 4. The minimum absolute atomic E-state index is 0.0162. The summed E-state index contributed by atoms with van der Waals surface area (Å²) in [4.78, 5) is 33.4. The Morgan fingerprint density at radius 3 is 2.55 bits per heavy atom. The summed E-state index contributed by atoms with van der Waals surface area (Å²) >= 11 is 0. The molecule has 1 aromatic heterocycles. The van der Waals surface area contributed by atoms with Gasteiger partial charge >= 0.3 is 11.6 Å². The molecular formula is C14H19NO5. The van der Waals surface area contributed by atoms with Crippen LogP contribution in [0.4, 0.5) is 0 Å². The van der Waals surface area contributed by atoms with E-state index in [2.05, 4.69) is 9.73 Å². The van der Waals surface area contributed by atoms with Crippen LogP contribution < -0.4 is 10.9 Å². The van der Waals surface area contributed by atoms with E-state index in [0.717, 1.165) is 18.8 Å². The fourth-order valence-electron chi connectivity index (χ4n) is 1.98. The van der Waals surface area contributed by atoms with Crippen molar-refractivity contribution in [3.05, 3.63) is 34.4 Å². The van der Waals surface area contributed by atoms with Crippen LogP contribution in [0.5, 0.6) is 0 Å². The molecule has 0 aromatic carbocycles. The van der Waals surface area contributed by atoms with Gasteiger partial charge in [0.2, 0.25) is 0 Å². The van der Waals surface area contributed by atoms with Gasteiger partial charge in [-0.3, -0.25) is 9.59 Å². The molecule has 0 spiro atoms. The lowest BCUT2D eigenvalue weighted by atomic mass is 9.94. The van der Waals surface area contributed by atoms with Crippen molar-refractivity contribution in [2.45, 2.75) is 26.7 Å². The average molecular weight is 281 g/mol. The molecule has 0 unspecified atom stereocenters. The zero-order chi connectivity index (χ0) is 15.1. The molecule has 110 valence electrons. The van der Waals surface area contributed by atoms with Gasteiger partial charge < -0.3 is 14.8 Å². The van der Waals surface area contributed by atoms with E-state index in [9.17, 15) is 14.4 Å². The van der Waals surface area contributed by atoms with Crippen molar-refractivity contribution in [3.63, 3.8) is 0 Å². The van der Waals surface area contributed by atoms with Crippen molar-refractivity contribution in [2.75, 3.05) is 6.54 Å². The summed E-state index contributed by atoms with van der Waals surface area (Å²) in [6.45, 7) is 4.29. The largest absolute Gasteiger partial charge is 0.481 e. The molecule has 1 rings (SSSR count). The molecule has 2 N–H and O–H groups in total. The van der Waals surface area contributed by atoms with Gasteiger partial charge in [-0.05, 0) is 24.3 Å². The fourth-order valence-corrected chi connectivity index (χ4v) is 1.98. The van der Waals surface area contributed by atoms with Crippen LogP contribution in [0, 0.1) is 11.8 Å². The van der Waals surface area contributed by atoms with Crippen molar-refractivity contribution in [3.8, 4) is 0 Å². The molecule has 1 aromatic rings. The maximum atomic E-state index is 11.8. The van der Waals surface area contributed by atoms with Crippen molar-refractivity contribution in [1.82, 2.24) is 5.32 Å². The Labute approximate surface area is 116 Å². The van der Waals surface area contributed by atoms with Crippen molar-refractivity contribution < 1.29 is 19.1 Å². The van der Waals surface area contributed by atoms with E-state index in [1.165, 1.54) is 6.07 Å². The van der Waals surface area contributed by atoms with Gasteiger partial charge in [0.05, 0.1) is 5.56 Å². The van der Waals surface area contributed by atoms with E-state index >= 15 is 0 Å². The van der Waals surface area contributed by atoms with Gasteiger partial charge in [0.1, 0.15) is 6.26 Å². The number of carbonyl (C=O) groups is 2. The Hall–Kier alpha value is -2.11. The normalized spacial score (nSPS) is 12.2. The third kappa shape index (κ3) is 5.69. The molecule has 0 aliphatic carbocycles. The molecule has 1 heterocycles. The first-order valence-corrected chi connectivity index (χ1v) is 6.47. The Morgan fingerprint density at radius 2 is 2.05 bits per heavy atom. The highest BCUT2D eigenvalue weighted by molar-refractivity contribution is 5.93. The van der Waals surface area contributed by atoms with Crippen LogP contribution in [0.25, 0.3) is 0 Å². The zero-order valence-electron chi connectivity index (χ0n) is 11.6. The molecule has 0 aliphatic rings. The predicted molar refractivity (Wildman–Crippen MR) is 72.5 cm³/mol. The van der Waals surface area contributed by atoms with Gasteiger partial charge in [-0.25, -0.2) is 4.79 Å². The quantitative estimate of drug-likeness (QED) is 0.789. The van der Waals surface area contributed by atoms with Crippen LogP contribution in [0.15, 0.2) is 27.6 Å². The molecule has 0 saturated carbocycles. The summed E-state index contributed by atoms with van der Waals surface area (Å²) in [7, 11) is 0. The number of carboxylic acids is 1. The van der Waals surface area contributed by atoms with Gasteiger partial charge in [0.15, 0.2) is 0 Å². The topological polar surface area (TPSA) is 96.6 Å². The monoisotopic (exact) mass is 281 g/mol. The maximum absolute atomic E-state index is 11.8. The molecule has 1 amide bonds. The average Bonchev–Trinajstić information content (AvgIpc) is 2.35. The van der Waals surface area contributed by atoms with Gasteiger partial charge in [0, 0.05) is 19.0 Å². The summed E-state index contributed by atoms with van der Waals surface area (Å²) in [5.41, 5.74) is -0.284. The molecule has 0 fully saturated rings. The third-order valence-corrected chi connectivity index (χ3v) is 2.78. The predicted octanol–water partition coefficient (Wildman–Crippen LogP) is 1.51. The van der Waals surface area contributed by atoms with Gasteiger partial charge in [-0.2, -0.15) is 0 Å². The highest BCUT2D eigenvalue weighted by atomic mass is 16.4. The van der Waals surface area contributed by atoms with Gasteiger partial charge in [0.25, 0.3) is 5.91 Å². The molecule has 20 heavy (non-hydrogen) atoms. The first kappa shape index (κ1) is 15.9. The molecule has 0 aliphatic heterocycles. The highest BCUT2D eigenvalue weighted by Crippen LogP contribution is 2.14. The standard InChI is InChI=1S/C14H19NO5/c1-9(2)5-10(6-12(16)17)7-15-14(19)11-3-4-13(18)20-8-11/h3-4,8-10H,5-7H2,1-2H3,(H,15,19)(H,16,17)/t10-/m0/s1. The summed E-state index contributed by atoms with van der Waals surface area (Å²) in [5, 5.41) is 11.5. The van der Waals surface area contributed by atoms with E-state index in [0.29, 0.717) is 5.92 Å². The number of aliphatic carboxylic acids is 1. The SMILES string of the molecule is CC(C)C[C@H](CNC(=O)c1ccc(=O)oc1)CC(=O)O.